The molecule has 1 aliphatic rings. The summed E-state index contributed by atoms with van der Waals surface area (Å²) in [6.45, 7) is 3.88. The second-order valence-corrected chi connectivity index (χ2v) is 5.44. The SMILES string of the molecule is CCC1NC=C(CCCCC(C)=NC#N)SC1=O. The molecule has 0 radical (unpaired) electrons. The van der Waals surface area contributed by atoms with Crippen LogP contribution in [0, 0.1) is 11.5 Å². The van der Waals surface area contributed by atoms with Crippen LogP contribution in [-0.2, 0) is 4.79 Å². The largest absolute Gasteiger partial charge is 0.380 e. The number of nitrogens with one attached hydrogen (secondary N) is 1. The minimum atomic E-state index is -0.0243. The number of hydrogen-bond acceptors (Lipinski definition) is 5. The van der Waals surface area contributed by atoms with Gasteiger partial charge in [0.2, 0.25) is 11.3 Å². The molecule has 0 aromatic carbocycles. The van der Waals surface area contributed by atoms with Crippen molar-refractivity contribution >= 4 is 22.6 Å². The van der Waals surface area contributed by atoms with Crippen molar-refractivity contribution in [2.45, 2.75) is 52.0 Å². The van der Waals surface area contributed by atoms with Gasteiger partial charge < -0.3 is 5.32 Å². The second-order valence-electron chi connectivity index (χ2n) is 4.31. The van der Waals surface area contributed by atoms with Crippen molar-refractivity contribution in [3.63, 3.8) is 0 Å². The van der Waals surface area contributed by atoms with Gasteiger partial charge in [-0.1, -0.05) is 18.7 Å². The maximum absolute atomic E-state index is 11.7. The van der Waals surface area contributed by atoms with Crippen LogP contribution in [0.3, 0.4) is 0 Å². The molecule has 1 atom stereocenters. The maximum Gasteiger partial charge on any atom is 0.215 e. The van der Waals surface area contributed by atoms with Gasteiger partial charge in [0.05, 0.1) is 6.04 Å². The van der Waals surface area contributed by atoms with Crippen LogP contribution in [0.1, 0.15) is 46.0 Å². The summed E-state index contributed by atoms with van der Waals surface area (Å²) in [5.74, 6) is 0. The lowest BCUT2D eigenvalue weighted by Gasteiger charge is -2.20. The molecule has 0 fully saturated rings. The van der Waals surface area contributed by atoms with Crippen molar-refractivity contribution in [3.05, 3.63) is 11.1 Å². The van der Waals surface area contributed by atoms with Crippen molar-refractivity contribution in [3.8, 4) is 6.19 Å². The predicted molar refractivity (Wildman–Crippen MR) is 75.1 cm³/mol. The van der Waals surface area contributed by atoms with Gasteiger partial charge in [0.25, 0.3) is 0 Å². The number of carbonyl (C=O) groups excluding carboxylic acids is 1. The monoisotopic (exact) mass is 265 g/mol. The number of rotatable bonds is 6. The molecule has 5 heteroatoms. The van der Waals surface area contributed by atoms with E-state index < -0.39 is 0 Å². The summed E-state index contributed by atoms with van der Waals surface area (Å²) in [7, 11) is 0. The summed E-state index contributed by atoms with van der Waals surface area (Å²) >= 11 is 1.37. The average molecular weight is 265 g/mol. The van der Waals surface area contributed by atoms with Gasteiger partial charge in [0.15, 0.2) is 0 Å². The van der Waals surface area contributed by atoms with E-state index in [-0.39, 0.29) is 11.2 Å². The number of thioether (sulfide) groups is 1. The first-order valence-electron chi connectivity index (χ1n) is 6.26. The molecule has 0 aromatic heterocycles. The lowest BCUT2D eigenvalue weighted by Crippen LogP contribution is -2.33. The number of carbonyl (C=O) groups is 1. The Morgan fingerprint density at radius 1 is 1.61 bits per heavy atom. The average Bonchev–Trinajstić information content (AvgIpc) is 2.35. The van der Waals surface area contributed by atoms with E-state index in [2.05, 4.69) is 10.3 Å². The van der Waals surface area contributed by atoms with E-state index in [9.17, 15) is 4.79 Å². The molecule has 1 aliphatic heterocycles. The van der Waals surface area contributed by atoms with Crippen LogP contribution in [0.15, 0.2) is 16.1 Å². The number of nitrogens with zero attached hydrogens (tertiary/aromatic N) is 2. The van der Waals surface area contributed by atoms with E-state index in [1.807, 2.05) is 20.0 Å². The van der Waals surface area contributed by atoms with Crippen molar-refractivity contribution in [2.75, 3.05) is 0 Å². The minimum absolute atomic E-state index is 0.0243. The first-order valence-corrected chi connectivity index (χ1v) is 7.08. The van der Waals surface area contributed by atoms with Gasteiger partial charge in [-0.25, -0.2) is 0 Å². The van der Waals surface area contributed by atoms with Crippen LogP contribution >= 0.6 is 11.8 Å². The molecule has 0 saturated carbocycles. The van der Waals surface area contributed by atoms with Crippen molar-refractivity contribution in [1.82, 2.24) is 5.32 Å². The predicted octanol–water partition coefficient (Wildman–Crippen LogP) is 2.97. The highest BCUT2D eigenvalue weighted by atomic mass is 32.2. The quantitative estimate of drug-likeness (QED) is 0.455. The van der Waals surface area contributed by atoms with E-state index in [1.165, 1.54) is 11.8 Å². The normalized spacial score (nSPS) is 20.1. The summed E-state index contributed by atoms with van der Waals surface area (Å²) in [5, 5.41) is 11.7. The highest BCUT2D eigenvalue weighted by Crippen LogP contribution is 2.27. The number of hydrogen-bond donors (Lipinski definition) is 1. The van der Waals surface area contributed by atoms with E-state index in [0.717, 1.165) is 42.7 Å². The van der Waals surface area contributed by atoms with Crippen LogP contribution < -0.4 is 5.32 Å². The third-order valence-electron chi connectivity index (χ3n) is 2.82. The van der Waals surface area contributed by atoms with E-state index in [4.69, 9.17) is 5.26 Å². The van der Waals surface area contributed by atoms with Gasteiger partial charge in [-0.3, -0.25) is 4.79 Å². The highest BCUT2D eigenvalue weighted by molar-refractivity contribution is 8.17. The third kappa shape index (κ3) is 4.92. The Labute approximate surface area is 113 Å². The molecule has 0 bridgehead atoms. The topological polar surface area (TPSA) is 65.2 Å². The summed E-state index contributed by atoms with van der Waals surface area (Å²) in [4.78, 5) is 16.5. The van der Waals surface area contributed by atoms with Gasteiger partial charge in [-0.2, -0.15) is 10.3 Å². The Kier molecular flexibility index (Phi) is 6.51. The molecule has 1 unspecified atom stereocenters. The molecule has 4 nitrogen and oxygen atoms in total. The van der Waals surface area contributed by atoms with E-state index >= 15 is 0 Å². The van der Waals surface area contributed by atoms with Crippen LogP contribution in [0.5, 0.6) is 0 Å². The molecule has 1 heterocycles. The molecule has 1 rings (SSSR count). The molecule has 0 amide bonds. The molecule has 0 aliphatic carbocycles. The van der Waals surface area contributed by atoms with Crippen LogP contribution in [-0.4, -0.2) is 16.9 Å². The summed E-state index contributed by atoms with van der Waals surface area (Å²) in [6, 6.07) is -0.0243. The Morgan fingerprint density at radius 3 is 3.00 bits per heavy atom. The first-order chi connectivity index (χ1) is 8.67. The fraction of sp³-hybridized carbons (Fsp3) is 0.615. The van der Waals surface area contributed by atoms with Gasteiger partial charge in [-0.05, 0) is 39.0 Å². The van der Waals surface area contributed by atoms with Crippen LogP contribution in [0.25, 0.3) is 0 Å². The number of unbranched alkanes of at least 4 members (excludes halogenated alkanes) is 1. The fourth-order valence-corrected chi connectivity index (χ4v) is 2.73. The maximum atomic E-state index is 11.7. The highest BCUT2D eigenvalue weighted by Gasteiger charge is 2.21. The Morgan fingerprint density at radius 2 is 2.39 bits per heavy atom. The molecular formula is C13H19N3OS. The van der Waals surface area contributed by atoms with Gasteiger partial charge in [0, 0.05) is 16.8 Å². The molecule has 18 heavy (non-hydrogen) atoms. The standard InChI is InChI=1S/C13H19N3OS/c1-3-12-13(17)18-11(8-15-12)7-5-4-6-10(2)16-9-14/h8,12,15H,3-7H2,1-2H3. The molecular weight excluding hydrogens is 246 g/mol. The molecule has 0 saturated heterocycles. The summed E-state index contributed by atoms with van der Waals surface area (Å²) < 4.78 is 0. The van der Waals surface area contributed by atoms with Gasteiger partial charge >= 0.3 is 0 Å². The first kappa shape index (κ1) is 14.8. The second kappa shape index (κ2) is 7.93. The summed E-state index contributed by atoms with van der Waals surface area (Å²) in [5.41, 5.74) is 0.878. The Bertz CT molecular complexity index is 396. The summed E-state index contributed by atoms with van der Waals surface area (Å²) in [6.07, 6.45) is 8.38. The van der Waals surface area contributed by atoms with Crippen molar-refractivity contribution in [2.24, 2.45) is 4.99 Å². The lowest BCUT2D eigenvalue weighted by molar-refractivity contribution is -0.112. The van der Waals surface area contributed by atoms with E-state index in [0.29, 0.717) is 0 Å². The molecule has 0 aromatic rings. The van der Waals surface area contributed by atoms with Crippen molar-refractivity contribution in [1.29, 1.82) is 5.26 Å². The molecule has 1 N–H and O–H groups in total. The molecule has 98 valence electrons. The lowest BCUT2D eigenvalue weighted by atomic mass is 10.1. The Hall–Kier alpha value is -1.28. The zero-order valence-corrected chi connectivity index (χ0v) is 11.7. The number of nitriles is 1. The zero-order chi connectivity index (χ0) is 13.4. The van der Waals surface area contributed by atoms with Crippen LogP contribution in [0.2, 0.25) is 0 Å². The number of aliphatic imine (C=N–C) groups is 1. The third-order valence-corrected chi connectivity index (χ3v) is 3.89. The Balaban J connectivity index is 2.25. The fourth-order valence-electron chi connectivity index (χ4n) is 1.72. The van der Waals surface area contributed by atoms with Crippen LogP contribution in [0.4, 0.5) is 0 Å². The molecule has 0 spiro atoms. The zero-order valence-electron chi connectivity index (χ0n) is 10.9. The van der Waals surface area contributed by atoms with E-state index in [1.54, 1.807) is 6.19 Å². The van der Waals surface area contributed by atoms with Gasteiger partial charge in [-0.15, -0.1) is 0 Å². The smallest absolute Gasteiger partial charge is 0.215 e. The van der Waals surface area contributed by atoms with Gasteiger partial charge in [0.1, 0.15) is 0 Å². The minimum Gasteiger partial charge on any atom is -0.380 e. The number of allylic oxidation sites excluding steroid dienone is 1. The van der Waals surface area contributed by atoms with Crippen molar-refractivity contribution < 1.29 is 4.79 Å².